The molecule has 1 fully saturated rings. The number of benzene rings is 6. The molecule has 12 aromatic rings. The summed E-state index contributed by atoms with van der Waals surface area (Å²) in [5.41, 5.74) is 7.46. The lowest BCUT2D eigenvalue weighted by atomic mass is 9.93. The van der Waals surface area contributed by atoms with Crippen LogP contribution in [0.15, 0.2) is 198 Å². The van der Waals surface area contributed by atoms with Crippen molar-refractivity contribution in [3.63, 3.8) is 0 Å². The first kappa shape index (κ1) is 57.4. The molecule has 0 amide bonds. The van der Waals surface area contributed by atoms with Gasteiger partial charge in [-0.2, -0.15) is 5.26 Å². The van der Waals surface area contributed by atoms with E-state index in [4.69, 9.17) is 9.47 Å². The Morgan fingerprint density at radius 1 is 0.607 bits per heavy atom. The van der Waals surface area contributed by atoms with E-state index in [-0.39, 0.29) is 66.5 Å². The minimum absolute atomic E-state index is 0.0850. The largest absolute Gasteiger partial charge is 0.493 e. The highest BCUT2D eigenvalue weighted by atomic mass is 32.2. The molecule has 7 heterocycles. The van der Waals surface area contributed by atoms with Crippen LogP contribution in [0.1, 0.15) is 56.2 Å². The summed E-state index contributed by atoms with van der Waals surface area (Å²) in [6.45, 7) is 5.77. The monoisotopic (exact) mass is 1210 g/mol. The van der Waals surface area contributed by atoms with Crippen LogP contribution >= 0.6 is 0 Å². The standard InChI is InChI=1S/C68H59N11O9S/c1-67(2,83)26-28-88-57-25-18-46(31-47(57)33-69)55-36-78(63-59(55)65(81)74-41-72-63)52-11-7-8-42(30-52)32-68(3,84)27-29-87-53-23-21-50(22-24-53)76-37-56(60-61(76)66(82)75-39-70-60)45-14-12-43(13-15-45)48-34-79(89(85,86)38-48)51-19-16-44(17-20-51)54-35-77(49-9-5-4-6-10-49)62-58(54)64(80)73-40-71-62/h4-25,30-31,35-37,39-41,48,83-84H,26-29,32,34,38H2,1-3H3,(H,70,75,82)(H,71,73,80)(H,72,74,81). The van der Waals surface area contributed by atoms with Gasteiger partial charge in [0, 0.05) is 84.1 Å². The molecule has 1 aliphatic heterocycles. The van der Waals surface area contributed by atoms with Crippen LogP contribution in [0.4, 0.5) is 5.69 Å². The zero-order valence-electron chi connectivity index (χ0n) is 48.6. The van der Waals surface area contributed by atoms with E-state index in [9.17, 15) is 38.3 Å². The number of aromatic amines is 3. The van der Waals surface area contributed by atoms with Gasteiger partial charge in [-0.1, -0.05) is 72.8 Å². The number of hydrogen-bond donors (Lipinski definition) is 5. The second-order valence-corrected chi connectivity index (χ2v) is 25.1. The Balaban J connectivity index is 0.665. The van der Waals surface area contributed by atoms with E-state index in [1.54, 1.807) is 67.8 Å². The highest BCUT2D eigenvalue weighted by Crippen LogP contribution is 2.39. The molecule has 2 unspecified atom stereocenters. The SMILES string of the molecule is CC(C)(O)CCOc1ccc(-c2cn(-c3cccc(CC(C)(O)CCOc4ccc(-n5cc(-c6ccc(C7CN(c8ccc(-c9cn(-c%10ccccc%10)c%10nc[nH]c(=O)c9%10)cc8)S(=O)(=O)C7)cc6)c6nc[nH]c(=O)c65)cc4)c3)c3nc[nH]c(=O)c23)cc1C#N. The van der Waals surface area contributed by atoms with E-state index in [1.165, 1.54) is 23.3 Å². The van der Waals surface area contributed by atoms with Gasteiger partial charge in [-0.15, -0.1) is 0 Å². The van der Waals surface area contributed by atoms with E-state index in [2.05, 4.69) is 36.0 Å². The molecule has 6 aromatic heterocycles. The molecule has 21 heteroatoms. The first-order chi connectivity index (χ1) is 42.9. The van der Waals surface area contributed by atoms with Crippen molar-refractivity contribution in [2.45, 2.75) is 57.2 Å². The van der Waals surface area contributed by atoms with Crippen molar-refractivity contribution in [2.75, 3.05) is 29.8 Å². The summed E-state index contributed by atoms with van der Waals surface area (Å²) >= 11 is 0. The topological polar surface area (TPSA) is 272 Å². The molecule has 2 atom stereocenters. The number of para-hydroxylation sites is 1. The zero-order valence-corrected chi connectivity index (χ0v) is 49.4. The van der Waals surface area contributed by atoms with Gasteiger partial charge in [0.2, 0.25) is 10.0 Å². The van der Waals surface area contributed by atoms with Crippen LogP contribution in [-0.4, -0.2) is 98.9 Å². The Labute approximate surface area is 509 Å². The number of nitrogens with zero attached hydrogens (tertiary/aromatic N) is 8. The van der Waals surface area contributed by atoms with Crippen LogP contribution in [-0.2, 0) is 16.4 Å². The van der Waals surface area contributed by atoms with Crippen molar-refractivity contribution in [2.24, 2.45) is 0 Å². The maximum Gasteiger partial charge on any atom is 0.275 e. The van der Waals surface area contributed by atoms with Gasteiger partial charge in [-0.3, -0.25) is 18.7 Å². The third-order valence-corrected chi connectivity index (χ3v) is 18.1. The number of ether oxygens (including phenoxy) is 2. The number of sulfonamides is 1. The maximum absolute atomic E-state index is 13.8. The number of H-pyrrole nitrogens is 3. The number of fused-ring (bicyclic) bond motifs is 3. The molecule has 13 rings (SSSR count). The fourth-order valence-corrected chi connectivity index (χ4v) is 13.6. The number of nitrogens with one attached hydrogen (secondary N) is 3. The lowest BCUT2D eigenvalue weighted by Crippen LogP contribution is -2.29. The Kier molecular flexibility index (Phi) is 14.8. The van der Waals surface area contributed by atoms with Crippen molar-refractivity contribution in [3.8, 4) is 68.0 Å². The van der Waals surface area contributed by atoms with Crippen LogP contribution in [0.2, 0.25) is 0 Å². The number of nitriles is 1. The third-order valence-electron chi connectivity index (χ3n) is 16.3. The van der Waals surface area contributed by atoms with E-state index < -0.39 is 21.2 Å². The van der Waals surface area contributed by atoms with Gasteiger partial charge >= 0.3 is 0 Å². The molecule has 6 aromatic carbocycles. The molecular weight excluding hydrogens is 1150 g/mol. The van der Waals surface area contributed by atoms with Crippen molar-refractivity contribution >= 4 is 48.8 Å². The second kappa shape index (κ2) is 22.9. The summed E-state index contributed by atoms with van der Waals surface area (Å²) in [5, 5.41) is 32.7. The lowest BCUT2D eigenvalue weighted by Gasteiger charge is -2.24. The Morgan fingerprint density at radius 3 is 1.87 bits per heavy atom. The maximum atomic E-state index is 13.8. The van der Waals surface area contributed by atoms with Gasteiger partial charge in [-0.05, 0) is 121 Å². The van der Waals surface area contributed by atoms with Gasteiger partial charge < -0.3 is 48.3 Å². The minimum Gasteiger partial charge on any atom is -0.493 e. The van der Waals surface area contributed by atoms with Gasteiger partial charge in [0.1, 0.15) is 28.6 Å². The van der Waals surface area contributed by atoms with Crippen LogP contribution in [0, 0.1) is 11.3 Å². The first-order valence-corrected chi connectivity index (χ1v) is 30.5. The number of aliphatic hydroxyl groups is 2. The molecule has 5 N–H and O–H groups in total. The van der Waals surface area contributed by atoms with Crippen molar-refractivity contribution in [3.05, 3.63) is 231 Å². The van der Waals surface area contributed by atoms with Crippen molar-refractivity contribution in [1.82, 2.24) is 43.6 Å². The Morgan fingerprint density at radius 2 is 1.18 bits per heavy atom. The van der Waals surface area contributed by atoms with Crippen LogP contribution in [0.5, 0.6) is 11.5 Å². The predicted molar refractivity (Wildman–Crippen MR) is 341 cm³/mol. The van der Waals surface area contributed by atoms with E-state index >= 15 is 0 Å². The highest BCUT2D eigenvalue weighted by Gasteiger charge is 2.37. The molecule has 446 valence electrons. The predicted octanol–water partition coefficient (Wildman–Crippen LogP) is 9.88. The molecule has 0 saturated carbocycles. The smallest absolute Gasteiger partial charge is 0.275 e. The first-order valence-electron chi connectivity index (χ1n) is 28.9. The normalized spacial score (nSPS) is 14.7. The fourth-order valence-electron chi connectivity index (χ4n) is 11.7. The summed E-state index contributed by atoms with van der Waals surface area (Å²) in [5.74, 6) is 0.515. The van der Waals surface area contributed by atoms with Gasteiger partial charge in [-0.25, -0.2) is 23.4 Å². The van der Waals surface area contributed by atoms with Crippen molar-refractivity contribution in [1.29, 1.82) is 5.26 Å². The Hall–Kier alpha value is -10.7. The third kappa shape index (κ3) is 11.4. The fraction of sp³-hybridized carbons (Fsp3) is 0.191. The summed E-state index contributed by atoms with van der Waals surface area (Å²) in [6, 6.07) is 46.7. The van der Waals surface area contributed by atoms with Crippen LogP contribution in [0.3, 0.4) is 0 Å². The van der Waals surface area contributed by atoms with Gasteiger partial charge in [0.25, 0.3) is 16.7 Å². The van der Waals surface area contributed by atoms with Crippen LogP contribution in [0.25, 0.3) is 83.5 Å². The minimum atomic E-state index is -3.69. The number of rotatable bonds is 18. The number of hydrogen-bond acceptors (Lipinski definition) is 13. The van der Waals surface area contributed by atoms with Gasteiger partial charge in [0.15, 0.2) is 11.3 Å². The molecule has 0 radical (unpaired) electrons. The summed E-state index contributed by atoms with van der Waals surface area (Å²) in [7, 11) is -3.69. The number of anilines is 1. The highest BCUT2D eigenvalue weighted by molar-refractivity contribution is 7.93. The average Bonchev–Trinajstić information content (AvgIpc) is 2.20. The second-order valence-electron chi connectivity index (χ2n) is 23.2. The van der Waals surface area contributed by atoms with Gasteiger partial charge in [0.05, 0.1) is 71.2 Å². The van der Waals surface area contributed by atoms with E-state index in [0.717, 1.165) is 27.9 Å². The molecule has 20 nitrogen and oxygen atoms in total. The van der Waals surface area contributed by atoms with Crippen LogP contribution < -0.4 is 30.5 Å². The molecule has 89 heavy (non-hydrogen) atoms. The molecule has 0 spiro atoms. The summed E-state index contributed by atoms with van der Waals surface area (Å²) in [6.07, 6.45) is 10.6. The molecule has 0 aliphatic carbocycles. The summed E-state index contributed by atoms with van der Waals surface area (Å²) < 4.78 is 46.5. The van der Waals surface area contributed by atoms with E-state index in [1.807, 2.05) is 131 Å². The van der Waals surface area contributed by atoms with Crippen molar-refractivity contribution < 1.29 is 28.1 Å². The molecular formula is C68H59N11O9S. The molecule has 1 aliphatic rings. The number of aromatic nitrogens is 9. The molecule has 0 bridgehead atoms. The average molecular weight is 1210 g/mol. The quantitative estimate of drug-likeness (QED) is 0.0536. The molecule has 1 saturated heterocycles. The zero-order chi connectivity index (χ0) is 61.8. The Bertz CT molecular complexity index is 5020. The van der Waals surface area contributed by atoms with E-state index in [0.29, 0.717) is 90.3 Å². The summed E-state index contributed by atoms with van der Waals surface area (Å²) in [4.78, 5) is 61.7. The lowest BCUT2D eigenvalue weighted by molar-refractivity contribution is 0.0372.